The molecular weight excluding hydrogens is 358 g/mol. The molecule has 1 saturated heterocycles. The number of hydrogen-bond donors (Lipinski definition) is 1. The Labute approximate surface area is 162 Å². The fourth-order valence-corrected chi connectivity index (χ4v) is 3.66. The molecule has 0 spiro atoms. The highest BCUT2D eigenvalue weighted by molar-refractivity contribution is 5.95. The van der Waals surface area contributed by atoms with E-state index in [1.54, 1.807) is 36.1 Å². The second-order valence-corrected chi connectivity index (χ2v) is 7.18. The number of carbonyl (C=O) groups excluding carboxylic acids is 1. The van der Waals surface area contributed by atoms with E-state index < -0.39 is 0 Å². The zero-order valence-electron chi connectivity index (χ0n) is 16.0. The zero-order chi connectivity index (χ0) is 19.7. The number of amides is 1. The highest BCUT2D eigenvalue weighted by Crippen LogP contribution is 2.20. The first-order valence-corrected chi connectivity index (χ1v) is 9.47. The Hall–Kier alpha value is -2.93. The maximum Gasteiger partial charge on any atom is 0.258 e. The Morgan fingerprint density at radius 3 is 2.86 bits per heavy atom. The van der Waals surface area contributed by atoms with E-state index in [0.717, 1.165) is 12.8 Å². The van der Waals surface area contributed by atoms with Crippen molar-refractivity contribution in [2.75, 3.05) is 13.2 Å². The summed E-state index contributed by atoms with van der Waals surface area (Å²) in [6.07, 6.45) is 1.89. The number of hydrogen-bond acceptors (Lipinski definition) is 5. The summed E-state index contributed by atoms with van der Waals surface area (Å²) >= 11 is 0. The monoisotopic (exact) mass is 381 g/mol. The highest BCUT2D eigenvalue weighted by atomic mass is 16.5. The van der Waals surface area contributed by atoms with E-state index in [1.807, 2.05) is 13.0 Å². The van der Waals surface area contributed by atoms with Gasteiger partial charge < -0.3 is 19.0 Å². The van der Waals surface area contributed by atoms with E-state index >= 15 is 0 Å². The van der Waals surface area contributed by atoms with Gasteiger partial charge in [0.2, 0.25) is 0 Å². The molecule has 0 bridgehead atoms. The number of para-hydroxylation sites is 1. The van der Waals surface area contributed by atoms with Crippen molar-refractivity contribution in [3.8, 4) is 0 Å². The van der Waals surface area contributed by atoms with Gasteiger partial charge in [-0.25, -0.2) is 4.98 Å². The Morgan fingerprint density at radius 2 is 2.14 bits per heavy atom. The minimum absolute atomic E-state index is 0.00978. The van der Waals surface area contributed by atoms with Gasteiger partial charge >= 0.3 is 0 Å². The number of aromatic amines is 1. The van der Waals surface area contributed by atoms with Crippen molar-refractivity contribution in [3.63, 3.8) is 0 Å². The number of aryl methyl sites for hydroxylation is 2. The van der Waals surface area contributed by atoms with E-state index in [0.29, 0.717) is 47.0 Å². The number of benzene rings is 1. The van der Waals surface area contributed by atoms with Crippen LogP contribution in [0.1, 0.15) is 40.5 Å². The van der Waals surface area contributed by atoms with Crippen LogP contribution in [-0.4, -0.2) is 40.0 Å². The Morgan fingerprint density at radius 1 is 1.32 bits per heavy atom. The van der Waals surface area contributed by atoms with Crippen LogP contribution in [0.3, 0.4) is 0 Å². The summed E-state index contributed by atoms with van der Waals surface area (Å²) in [5, 5.41) is 0.532. The largest absolute Gasteiger partial charge is 0.466 e. The van der Waals surface area contributed by atoms with Crippen molar-refractivity contribution in [1.82, 2.24) is 14.9 Å². The summed E-state index contributed by atoms with van der Waals surface area (Å²) in [7, 11) is 0. The van der Waals surface area contributed by atoms with Crippen LogP contribution in [-0.2, 0) is 11.3 Å². The molecule has 1 atom stereocenters. The van der Waals surface area contributed by atoms with Gasteiger partial charge in [0.15, 0.2) is 0 Å². The normalized spacial score (nSPS) is 16.6. The SMILES string of the molecule is Cc1cc(C(=O)N(Cc2nc3ccccc3c(=O)[nH]2)C[C@@H]2CCCO2)c(C)o1. The second-order valence-electron chi connectivity index (χ2n) is 7.18. The summed E-state index contributed by atoms with van der Waals surface area (Å²) in [6, 6.07) is 8.92. The lowest BCUT2D eigenvalue weighted by Crippen LogP contribution is -2.38. The number of nitrogens with one attached hydrogen (secondary N) is 1. The number of aromatic nitrogens is 2. The van der Waals surface area contributed by atoms with Gasteiger partial charge in [0, 0.05) is 13.2 Å². The van der Waals surface area contributed by atoms with E-state index in [-0.39, 0.29) is 24.1 Å². The number of carbonyl (C=O) groups is 1. The summed E-state index contributed by atoms with van der Waals surface area (Å²) in [6.45, 7) is 4.94. The number of fused-ring (bicyclic) bond motifs is 1. The Kier molecular flexibility index (Phi) is 5.00. The summed E-state index contributed by atoms with van der Waals surface area (Å²) in [5.41, 5.74) is 0.931. The molecule has 3 heterocycles. The first kappa shape index (κ1) is 18.4. The minimum atomic E-state index is -0.208. The average Bonchev–Trinajstić information content (AvgIpc) is 3.30. The van der Waals surface area contributed by atoms with Crippen LogP contribution in [0.4, 0.5) is 0 Å². The quantitative estimate of drug-likeness (QED) is 0.734. The molecule has 146 valence electrons. The van der Waals surface area contributed by atoms with Crippen LogP contribution >= 0.6 is 0 Å². The molecule has 0 saturated carbocycles. The smallest absolute Gasteiger partial charge is 0.258 e. The van der Waals surface area contributed by atoms with E-state index in [2.05, 4.69) is 9.97 Å². The molecule has 2 aromatic heterocycles. The van der Waals surface area contributed by atoms with Crippen LogP contribution in [0.5, 0.6) is 0 Å². The van der Waals surface area contributed by atoms with Crippen LogP contribution in [0, 0.1) is 13.8 Å². The molecule has 0 unspecified atom stereocenters. The molecule has 7 nitrogen and oxygen atoms in total. The van der Waals surface area contributed by atoms with Gasteiger partial charge in [0.1, 0.15) is 17.3 Å². The third-order valence-corrected chi connectivity index (χ3v) is 5.01. The lowest BCUT2D eigenvalue weighted by atomic mass is 10.1. The number of rotatable bonds is 5. The van der Waals surface area contributed by atoms with Crippen molar-refractivity contribution in [2.24, 2.45) is 0 Å². The standard InChI is InChI=1S/C21H23N3O4/c1-13-10-17(14(2)28-13)21(26)24(11-15-6-5-9-27-15)12-19-22-18-8-4-3-7-16(18)20(25)23-19/h3-4,7-8,10,15H,5-6,9,11-12H2,1-2H3,(H,22,23,25)/t15-/m0/s1. The predicted octanol–water partition coefficient (Wildman–Crippen LogP) is 2.95. The maximum atomic E-state index is 13.2. The summed E-state index contributed by atoms with van der Waals surface area (Å²) in [5.74, 6) is 1.57. The van der Waals surface area contributed by atoms with Gasteiger partial charge in [-0.05, 0) is 44.9 Å². The fraction of sp³-hybridized carbons (Fsp3) is 0.381. The molecule has 7 heteroatoms. The molecular formula is C21H23N3O4. The van der Waals surface area contributed by atoms with Crippen molar-refractivity contribution in [3.05, 3.63) is 63.6 Å². The summed E-state index contributed by atoms with van der Waals surface area (Å²) in [4.78, 5) is 34.6. The minimum Gasteiger partial charge on any atom is -0.466 e. The molecule has 4 rings (SSSR count). The number of ether oxygens (including phenoxy) is 1. The molecule has 0 radical (unpaired) electrons. The molecule has 1 fully saturated rings. The van der Waals surface area contributed by atoms with Crippen LogP contribution < -0.4 is 5.56 Å². The number of furan rings is 1. The van der Waals surface area contributed by atoms with E-state index in [1.165, 1.54) is 0 Å². The zero-order valence-corrected chi connectivity index (χ0v) is 16.0. The first-order valence-electron chi connectivity index (χ1n) is 9.47. The molecule has 0 aliphatic carbocycles. The molecule has 1 amide bonds. The molecule has 1 N–H and O–H groups in total. The van der Waals surface area contributed by atoms with Gasteiger partial charge in [-0.3, -0.25) is 9.59 Å². The highest BCUT2D eigenvalue weighted by Gasteiger charge is 2.26. The van der Waals surface area contributed by atoms with Crippen molar-refractivity contribution in [1.29, 1.82) is 0 Å². The lowest BCUT2D eigenvalue weighted by Gasteiger charge is -2.25. The molecule has 1 aliphatic heterocycles. The fourth-order valence-electron chi connectivity index (χ4n) is 3.66. The van der Waals surface area contributed by atoms with Crippen LogP contribution in [0.25, 0.3) is 10.9 Å². The van der Waals surface area contributed by atoms with Crippen LogP contribution in [0.2, 0.25) is 0 Å². The maximum absolute atomic E-state index is 13.2. The molecule has 1 aromatic carbocycles. The Bertz CT molecular complexity index is 1060. The predicted molar refractivity (Wildman–Crippen MR) is 104 cm³/mol. The second kappa shape index (κ2) is 7.59. The molecule has 3 aromatic rings. The topological polar surface area (TPSA) is 88.4 Å². The van der Waals surface area contributed by atoms with Gasteiger partial charge in [-0.2, -0.15) is 0 Å². The Balaban J connectivity index is 1.66. The first-order chi connectivity index (χ1) is 13.5. The average molecular weight is 381 g/mol. The summed E-state index contributed by atoms with van der Waals surface area (Å²) < 4.78 is 11.3. The number of nitrogens with zero attached hydrogens (tertiary/aromatic N) is 2. The van der Waals surface area contributed by atoms with Crippen LogP contribution in [0.15, 0.2) is 39.5 Å². The third kappa shape index (κ3) is 3.71. The van der Waals surface area contributed by atoms with Crippen molar-refractivity contribution >= 4 is 16.8 Å². The third-order valence-electron chi connectivity index (χ3n) is 5.01. The van der Waals surface area contributed by atoms with E-state index in [9.17, 15) is 9.59 Å². The van der Waals surface area contributed by atoms with Crippen molar-refractivity contribution in [2.45, 2.75) is 39.3 Å². The molecule has 1 aliphatic rings. The van der Waals surface area contributed by atoms with Gasteiger partial charge in [0.25, 0.3) is 11.5 Å². The van der Waals surface area contributed by atoms with E-state index in [4.69, 9.17) is 9.15 Å². The van der Waals surface area contributed by atoms with Gasteiger partial charge in [-0.15, -0.1) is 0 Å². The molecule has 28 heavy (non-hydrogen) atoms. The lowest BCUT2D eigenvalue weighted by molar-refractivity contribution is 0.0500. The van der Waals surface area contributed by atoms with Crippen molar-refractivity contribution < 1.29 is 13.9 Å². The number of H-pyrrole nitrogens is 1. The van der Waals surface area contributed by atoms with Gasteiger partial charge in [-0.1, -0.05) is 12.1 Å². The van der Waals surface area contributed by atoms with Gasteiger partial charge in [0.05, 0.1) is 29.1 Å².